The van der Waals surface area contributed by atoms with Crippen molar-refractivity contribution in [2.75, 3.05) is 32.8 Å². The Hall–Kier alpha value is -2.34. The van der Waals surface area contributed by atoms with E-state index >= 15 is 0 Å². The fraction of sp³-hybridized carbons (Fsp3) is 0.545. The van der Waals surface area contributed by atoms with E-state index in [9.17, 15) is 4.79 Å². The number of amides is 1. The molecule has 6 heteroatoms. The van der Waals surface area contributed by atoms with Crippen molar-refractivity contribution in [3.05, 3.63) is 47.8 Å². The van der Waals surface area contributed by atoms with Crippen LogP contribution in [0.1, 0.15) is 42.9 Å². The van der Waals surface area contributed by atoms with Gasteiger partial charge in [-0.2, -0.15) is 5.10 Å². The molecule has 1 amide bonds. The Morgan fingerprint density at radius 3 is 2.79 bits per heavy atom. The SMILES string of the molecule is Cc1cnn(C2CCCN(Cc3ccccc3OCC(=O)N3CCCC3)C2)c1. The van der Waals surface area contributed by atoms with Gasteiger partial charge in [0.15, 0.2) is 6.61 Å². The van der Waals surface area contributed by atoms with Crippen LogP contribution in [0, 0.1) is 6.92 Å². The van der Waals surface area contributed by atoms with Crippen molar-refractivity contribution in [1.29, 1.82) is 0 Å². The zero-order valence-electron chi connectivity index (χ0n) is 16.7. The van der Waals surface area contributed by atoms with Crippen LogP contribution in [0.4, 0.5) is 0 Å². The monoisotopic (exact) mass is 382 g/mol. The second kappa shape index (κ2) is 8.78. The number of aromatic nitrogens is 2. The van der Waals surface area contributed by atoms with Crippen molar-refractivity contribution < 1.29 is 9.53 Å². The van der Waals surface area contributed by atoms with Gasteiger partial charge in [0.25, 0.3) is 5.91 Å². The van der Waals surface area contributed by atoms with Gasteiger partial charge in [0, 0.05) is 37.9 Å². The molecule has 0 aliphatic carbocycles. The molecule has 1 aromatic carbocycles. The normalized spacial score (nSPS) is 20.5. The Balaban J connectivity index is 1.37. The fourth-order valence-electron chi connectivity index (χ4n) is 4.24. The number of nitrogens with zero attached hydrogens (tertiary/aromatic N) is 4. The molecule has 2 aromatic rings. The Labute approximate surface area is 167 Å². The first kappa shape index (κ1) is 19.0. The maximum atomic E-state index is 12.3. The Bertz CT molecular complexity index is 797. The van der Waals surface area contributed by atoms with Crippen molar-refractivity contribution in [2.24, 2.45) is 0 Å². The summed E-state index contributed by atoms with van der Waals surface area (Å²) in [7, 11) is 0. The lowest BCUT2D eigenvalue weighted by molar-refractivity contribution is -0.132. The van der Waals surface area contributed by atoms with Gasteiger partial charge in [-0.1, -0.05) is 18.2 Å². The Morgan fingerprint density at radius 1 is 1.18 bits per heavy atom. The summed E-state index contributed by atoms with van der Waals surface area (Å²) in [6.07, 6.45) is 8.61. The zero-order valence-corrected chi connectivity index (χ0v) is 16.7. The molecule has 2 saturated heterocycles. The molecule has 150 valence electrons. The number of aryl methyl sites for hydroxylation is 1. The average Bonchev–Trinajstić information content (AvgIpc) is 3.39. The second-order valence-corrected chi connectivity index (χ2v) is 8.01. The minimum atomic E-state index is 0.0967. The van der Waals surface area contributed by atoms with Crippen molar-refractivity contribution in [2.45, 2.75) is 45.2 Å². The third-order valence-corrected chi connectivity index (χ3v) is 5.76. The summed E-state index contributed by atoms with van der Waals surface area (Å²) in [6, 6.07) is 8.53. The number of hydrogen-bond donors (Lipinski definition) is 0. The van der Waals surface area contributed by atoms with Gasteiger partial charge < -0.3 is 9.64 Å². The number of benzene rings is 1. The van der Waals surface area contributed by atoms with Gasteiger partial charge in [-0.15, -0.1) is 0 Å². The number of piperidine rings is 1. The number of carbonyl (C=O) groups excluding carboxylic acids is 1. The molecule has 2 fully saturated rings. The molecule has 2 aliphatic heterocycles. The van der Waals surface area contributed by atoms with E-state index in [1.807, 2.05) is 29.3 Å². The lowest BCUT2D eigenvalue weighted by Gasteiger charge is -2.33. The third kappa shape index (κ3) is 4.55. The minimum absolute atomic E-state index is 0.0967. The topological polar surface area (TPSA) is 50.6 Å². The van der Waals surface area contributed by atoms with Crippen LogP contribution in [0.5, 0.6) is 5.75 Å². The Kier molecular flexibility index (Phi) is 5.95. The molecule has 1 aromatic heterocycles. The number of ether oxygens (including phenoxy) is 1. The molecule has 2 aliphatic rings. The summed E-state index contributed by atoms with van der Waals surface area (Å²) < 4.78 is 8.04. The molecule has 6 nitrogen and oxygen atoms in total. The minimum Gasteiger partial charge on any atom is -0.483 e. The Morgan fingerprint density at radius 2 is 2.00 bits per heavy atom. The lowest BCUT2D eigenvalue weighted by atomic mass is 10.0. The van der Waals surface area contributed by atoms with E-state index in [4.69, 9.17) is 4.74 Å². The molecule has 0 N–H and O–H groups in total. The first-order valence-electron chi connectivity index (χ1n) is 10.4. The van der Waals surface area contributed by atoms with Crippen LogP contribution in [0.3, 0.4) is 0 Å². The van der Waals surface area contributed by atoms with Gasteiger partial charge in [0.1, 0.15) is 5.75 Å². The third-order valence-electron chi connectivity index (χ3n) is 5.76. The van der Waals surface area contributed by atoms with Crippen LogP contribution in [0.25, 0.3) is 0 Å². The molecule has 28 heavy (non-hydrogen) atoms. The lowest BCUT2D eigenvalue weighted by Crippen LogP contribution is -2.36. The maximum absolute atomic E-state index is 12.3. The summed E-state index contributed by atoms with van der Waals surface area (Å²) in [4.78, 5) is 16.7. The molecular weight excluding hydrogens is 352 g/mol. The van der Waals surface area contributed by atoms with Crippen LogP contribution < -0.4 is 4.74 Å². The number of carbonyl (C=O) groups is 1. The van der Waals surface area contributed by atoms with Gasteiger partial charge in [-0.25, -0.2) is 0 Å². The highest BCUT2D eigenvalue weighted by Gasteiger charge is 2.23. The summed E-state index contributed by atoms with van der Waals surface area (Å²) in [5, 5.41) is 4.51. The average molecular weight is 383 g/mol. The summed E-state index contributed by atoms with van der Waals surface area (Å²) in [6.45, 7) is 6.86. The molecular formula is C22H30N4O2. The van der Waals surface area contributed by atoms with E-state index in [0.717, 1.165) is 56.9 Å². The predicted molar refractivity (Wildman–Crippen MR) is 108 cm³/mol. The molecule has 1 unspecified atom stereocenters. The molecule has 1 atom stereocenters. The molecule has 0 bridgehead atoms. The largest absolute Gasteiger partial charge is 0.483 e. The van der Waals surface area contributed by atoms with Gasteiger partial charge in [-0.3, -0.25) is 14.4 Å². The van der Waals surface area contributed by atoms with Crippen LogP contribution in [-0.4, -0.2) is 58.3 Å². The second-order valence-electron chi connectivity index (χ2n) is 8.01. The van der Waals surface area contributed by atoms with Crippen LogP contribution in [0.2, 0.25) is 0 Å². The molecule has 0 radical (unpaired) electrons. The van der Waals surface area contributed by atoms with Crippen molar-refractivity contribution in [3.8, 4) is 5.75 Å². The summed E-state index contributed by atoms with van der Waals surface area (Å²) in [5.74, 6) is 0.923. The van der Waals surface area contributed by atoms with Gasteiger partial charge in [-0.05, 0) is 50.8 Å². The van der Waals surface area contributed by atoms with Gasteiger partial charge >= 0.3 is 0 Å². The number of hydrogen-bond acceptors (Lipinski definition) is 4. The van der Waals surface area contributed by atoms with E-state index < -0.39 is 0 Å². The van der Waals surface area contributed by atoms with Crippen LogP contribution >= 0.6 is 0 Å². The van der Waals surface area contributed by atoms with E-state index in [1.54, 1.807) is 0 Å². The van der Waals surface area contributed by atoms with Crippen molar-refractivity contribution >= 4 is 5.91 Å². The highest BCUT2D eigenvalue weighted by molar-refractivity contribution is 5.78. The highest BCUT2D eigenvalue weighted by atomic mass is 16.5. The van der Waals surface area contributed by atoms with Gasteiger partial charge in [0.2, 0.25) is 0 Å². The van der Waals surface area contributed by atoms with Crippen molar-refractivity contribution in [1.82, 2.24) is 19.6 Å². The number of para-hydroxylation sites is 1. The maximum Gasteiger partial charge on any atom is 0.260 e. The summed E-state index contributed by atoms with van der Waals surface area (Å²) in [5.41, 5.74) is 2.35. The smallest absolute Gasteiger partial charge is 0.260 e. The van der Waals surface area contributed by atoms with E-state index in [0.29, 0.717) is 6.04 Å². The van der Waals surface area contributed by atoms with E-state index in [2.05, 4.69) is 33.9 Å². The molecule has 0 saturated carbocycles. The van der Waals surface area contributed by atoms with E-state index in [1.165, 1.54) is 18.4 Å². The van der Waals surface area contributed by atoms with Crippen molar-refractivity contribution in [3.63, 3.8) is 0 Å². The standard InChI is InChI=1S/C22H30N4O2/c1-18-13-23-26(14-18)20-8-6-10-24(16-20)15-19-7-2-3-9-21(19)28-17-22(27)25-11-4-5-12-25/h2-3,7,9,13-14,20H,4-6,8,10-12,15-17H2,1H3. The van der Waals surface area contributed by atoms with Crippen LogP contribution in [-0.2, 0) is 11.3 Å². The predicted octanol–water partition coefficient (Wildman–Crippen LogP) is 3.03. The highest BCUT2D eigenvalue weighted by Crippen LogP contribution is 2.26. The first-order valence-corrected chi connectivity index (χ1v) is 10.4. The molecule has 0 spiro atoms. The quantitative estimate of drug-likeness (QED) is 0.771. The number of likely N-dealkylation sites (tertiary alicyclic amines) is 2. The van der Waals surface area contributed by atoms with E-state index in [-0.39, 0.29) is 12.5 Å². The van der Waals surface area contributed by atoms with Gasteiger partial charge in [0.05, 0.1) is 12.2 Å². The first-order chi connectivity index (χ1) is 13.7. The zero-order chi connectivity index (χ0) is 19.3. The molecule has 4 rings (SSSR count). The fourth-order valence-corrected chi connectivity index (χ4v) is 4.24. The van der Waals surface area contributed by atoms with Crippen LogP contribution in [0.15, 0.2) is 36.7 Å². The summed E-state index contributed by atoms with van der Waals surface area (Å²) >= 11 is 0. The number of rotatable bonds is 6. The molecule has 3 heterocycles.